The molecule has 1 aliphatic heterocycles. The van der Waals surface area contributed by atoms with E-state index in [9.17, 15) is 0 Å². The van der Waals surface area contributed by atoms with Crippen molar-refractivity contribution in [1.29, 1.82) is 0 Å². The van der Waals surface area contributed by atoms with Crippen molar-refractivity contribution in [1.82, 2.24) is 30.0 Å². The van der Waals surface area contributed by atoms with E-state index in [4.69, 9.17) is 14.5 Å². The second kappa shape index (κ2) is 12.5. The Kier molecular flexibility index (Phi) is 8.68. The number of aromatic nitrogens is 4. The number of benzene rings is 2. The lowest BCUT2D eigenvalue weighted by Gasteiger charge is -2.36. The van der Waals surface area contributed by atoms with Crippen LogP contribution in [0.1, 0.15) is 25.1 Å². The summed E-state index contributed by atoms with van der Waals surface area (Å²) in [5.74, 6) is 2.39. The number of aryl methyl sites for hydroxylation is 2. The van der Waals surface area contributed by atoms with Gasteiger partial charge in [0.2, 0.25) is 0 Å². The summed E-state index contributed by atoms with van der Waals surface area (Å²) >= 11 is 0. The van der Waals surface area contributed by atoms with Gasteiger partial charge in [0.25, 0.3) is 0 Å². The third-order valence-electron chi connectivity index (χ3n) is 7.80. The Morgan fingerprint density at radius 2 is 1.64 bits per heavy atom. The largest absolute Gasteiger partial charge is 0.497 e. The van der Waals surface area contributed by atoms with E-state index < -0.39 is 0 Å². The molecule has 5 rings (SSSR count). The summed E-state index contributed by atoms with van der Waals surface area (Å²) in [7, 11) is 3.34. The van der Waals surface area contributed by atoms with Gasteiger partial charge in [-0.3, -0.25) is 10.00 Å². The van der Waals surface area contributed by atoms with Gasteiger partial charge in [0.05, 0.1) is 25.3 Å². The Labute approximate surface area is 231 Å². The Balaban J connectivity index is 1.20. The first-order valence-electron chi connectivity index (χ1n) is 14.0. The van der Waals surface area contributed by atoms with Crippen LogP contribution < -0.4 is 14.4 Å². The number of rotatable bonds is 12. The van der Waals surface area contributed by atoms with Gasteiger partial charge in [0.1, 0.15) is 17.2 Å². The van der Waals surface area contributed by atoms with E-state index >= 15 is 0 Å². The van der Waals surface area contributed by atoms with Crippen molar-refractivity contribution in [2.45, 2.75) is 26.7 Å². The molecule has 1 fully saturated rings. The number of fused-ring (bicyclic) bond motifs is 1. The molecule has 0 atom stereocenters. The van der Waals surface area contributed by atoms with Gasteiger partial charge >= 0.3 is 0 Å². The number of piperazine rings is 1. The van der Waals surface area contributed by atoms with Crippen LogP contribution in [0.2, 0.25) is 0 Å². The average molecular weight is 532 g/mol. The Bertz CT molecular complexity index is 1330. The molecule has 0 spiro atoms. The molecule has 9 nitrogen and oxygen atoms in total. The Morgan fingerprint density at radius 3 is 2.33 bits per heavy atom. The smallest absolute Gasteiger partial charge is 0.159 e. The molecular formula is C30H41N7O2. The van der Waals surface area contributed by atoms with Crippen LogP contribution in [0.25, 0.3) is 22.6 Å². The van der Waals surface area contributed by atoms with Gasteiger partial charge in [-0.2, -0.15) is 5.10 Å². The molecule has 1 saturated heterocycles. The van der Waals surface area contributed by atoms with Crippen LogP contribution in [-0.2, 0) is 12.8 Å². The van der Waals surface area contributed by atoms with Crippen molar-refractivity contribution in [3.63, 3.8) is 0 Å². The fourth-order valence-corrected chi connectivity index (χ4v) is 5.27. The van der Waals surface area contributed by atoms with Crippen LogP contribution >= 0.6 is 0 Å². The van der Waals surface area contributed by atoms with Gasteiger partial charge in [0.15, 0.2) is 5.82 Å². The Hall–Kier alpha value is -3.56. The molecule has 0 aliphatic carbocycles. The molecule has 0 unspecified atom stereocenters. The van der Waals surface area contributed by atoms with Gasteiger partial charge in [-0.05, 0) is 67.9 Å². The minimum atomic E-state index is 0.786. The monoisotopic (exact) mass is 531 g/mol. The number of nitrogens with one attached hydrogen (secondary N) is 2. The summed E-state index contributed by atoms with van der Waals surface area (Å²) in [4.78, 5) is 15.9. The number of hydrogen-bond acceptors (Lipinski definition) is 7. The zero-order valence-corrected chi connectivity index (χ0v) is 23.7. The maximum absolute atomic E-state index is 5.40. The van der Waals surface area contributed by atoms with Crippen molar-refractivity contribution in [3.05, 3.63) is 53.7 Å². The lowest BCUT2D eigenvalue weighted by atomic mass is 10.1. The summed E-state index contributed by atoms with van der Waals surface area (Å²) in [5, 5.41) is 7.72. The Morgan fingerprint density at radius 1 is 0.897 bits per heavy atom. The second-order valence-electron chi connectivity index (χ2n) is 10.1. The van der Waals surface area contributed by atoms with Crippen molar-refractivity contribution in [3.8, 4) is 23.0 Å². The van der Waals surface area contributed by atoms with Crippen molar-refractivity contribution in [2.24, 2.45) is 0 Å². The molecule has 3 heterocycles. The molecule has 9 heteroatoms. The maximum atomic E-state index is 5.40. The normalized spacial score (nSPS) is 14.4. The third-order valence-corrected chi connectivity index (χ3v) is 7.80. The highest BCUT2D eigenvalue weighted by atomic mass is 16.5. The predicted octanol–water partition coefficient (Wildman–Crippen LogP) is 4.22. The van der Waals surface area contributed by atoms with E-state index in [-0.39, 0.29) is 0 Å². The molecule has 2 aromatic carbocycles. The number of methoxy groups -OCH3 is 2. The number of ether oxygens (including phenoxy) is 2. The van der Waals surface area contributed by atoms with Crippen LogP contribution in [0.5, 0.6) is 11.5 Å². The number of H-pyrrole nitrogens is 2. The molecule has 0 amide bonds. The summed E-state index contributed by atoms with van der Waals surface area (Å²) in [6.07, 6.45) is 1.68. The first-order chi connectivity index (χ1) is 19.1. The SMILES string of the molecule is CCN(CC)CCN1CCN(c2ccc3[nH]c(-c4cc(CCc5cc(OC)cc(OC)c5)[nH]n4)nc3c2)CC1. The van der Waals surface area contributed by atoms with E-state index in [0.29, 0.717) is 0 Å². The molecule has 4 aromatic rings. The zero-order chi connectivity index (χ0) is 27.2. The molecule has 0 saturated carbocycles. The van der Waals surface area contributed by atoms with E-state index in [0.717, 1.165) is 111 Å². The minimum absolute atomic E-state index is 0.786. The van der Waals surface area contributed by atoms with E-state index in [2.05, 4.69) is 68.0 Å². The highest BCUT2D eigenvalue weighted by molar-refractivity contribution is 5.82. The van der Waals surface area contributed by atoms with Gasteiger partial charge in [0, 0.05) is 56.7 Å². The van der Waals surface area contributed by atoms with Crippen LogP contribution in [0.15, 0.2) is 42.5 Å². The zero-order valence-electron chi connectivity index (χ0n) is 23.7. The van der Waals surface area contributed by atoms with Gasteiger partial charge in [-0.25, -0.2) is 4.98 Å². The van der Waals surface area contributed by atoms with Crippen LogP contribution in [0.3, 0.4) is 0 Å². The lowest BCUT2D eigenvalue weighted by molar-refractivity contribution is 0.206. The fourth-order valence-electron chi connectivity index (χ4n) is 5.27. The summed E-state index contributed by atoms with van der Waals surface area (Å²) in [5.41, 5.74) is 6.28. The summed E-state index contributed by atoms with van der Waals surface area (Å²) in [6.45, 7) is 13.3. The number of imidazole rings is 1. The predicted molar refractivity (Wildman–Crippen MR) is 157 cm³/mol. The number of hydrogen-bond donors (Lipinski definition) is 2. The first-order valence-corrected chi connectivity index (χ1v) is 14.0. The van der Waals surface area contributed by atoms with E-state index in [1.165, 1.54) is 5.69 Å². The maximum Gasteiger partial charge on any atom is 0.159 e. The molecule has 208 valence electrons. The highest BCUT2D eigenvalue weighted by Crippen LogP contribution is 2.26. The highest BCUT2D eigenvalue weighted by Gasteiger charge is 2.19. The van der Waals surface area contributed by atoms with Crippen molar-refractivity contribution < 1.29 is 9.47 Å². The topological polar surface area (TPSA) is 85.5 Å². The van der Waals surface area contributed by atoms with E-state index in [1.807, 2.05) is 18.2 Å². The molecule has 39 heavy (non-hydrogen) atoms. The van der Waals surface area contributed by atoms with Gasteiger partial charge in [-0.1, -0.05) is 13.8 Å². The lowest BCUT2D eigenvalue weighted by Crippen LogP contribution is -2.48. The fraction of sp³-hybridized carbons (Fsp3) is 0.467. The standard InChI is InChI=1S/C30H41N7O2/c1-5-35(6-2)11-12-36-13-15-37(16-14-36)24-9-10-27-28(20-24)32-30(31-27)29-19-23(33-34-29)8-7-22-17-25(38-3)21-26(18-22)39-4/h9-10,17-21H,5-8,11-16H2,1-4H3,(H,31,32)(H,33,34). The van der Waals surface area contributed by atoms with Crippen LogP contribution in [0, 0.1) is 0 Å². The molecule has 1 aliphatic rings. The van der Waals surface area contributed by atoms with Gasteiger partial charge in [-0.15, -0.1) is 0 Å². The van der Waals surface area contributed by atoms with Crippen LogP contribution in [-0.4, -0.2) is 96.5 Å². The molecule has 2 N–H and O–H groups in total. The van der Waals surface area contributed by atoms with Crippen molar-refractivity contribution >= 4 is 16.7 Å². The minimum Gasteiger partial charge on any atom is -0.497 e. The summed E-state index contributed by atoms with van der Waals surface area (Å²) in [6, 6.07) is 14.6. The number of anilines is 1. The second-order valence-corrected chi connectivity index (χ2v) is 10.1. The number of aromatic amines is 2. The van der Waals surface area contributed by atoms with E-state index in [1.54, 1.807) is 14.2 Å². The summed E-state index contributed by atoms with van der Waals surface area (Å²) < 4.78 is 10.8. The average Bonchev–Trinajstić information content (AvgIpc) is 3.63. The van der Waals surface area contributed by atoms with Gasteiger partial charge < -0.3 is 24.3 Å². The number of likely N-dealkylation sites (N-methyl/N-ethyl adjacent to an activating group) is 1. The first kappa shape index (κ1) is 27.0. The molecular weight excluding hydrogens is 490 g/mol. The number of nitrogens with zero attached hydrogens (tertiary/aromatic N) is 5. The van der Waals surface area contributed by atoms with Crippen molar-refractivity contribution in [2.75, 3.05) is 71.5 Å². The third kappa shape index (κ3) is 6.54. The van der Waals surface area contributed by atoms with Crippen LogP contribution in [0.4, 0.5) is 5.69 Å². The quantitative estimate of drug-likeness (QED) is 0.283. The molecule has 0 radical (unpaired) electrons. The molecule has 0 bridgehead atoms. The molecule has 2 aromatic heterocycles.